The van der Waals surface area contributed by atoms with Gasteiger partial charge in [0, 0.05) is 24.5 Å². The smallest absolute Gasteiger partial charge is 0.263 e. The van der Waals surface area contributed by atoms with Crippen LogP contribution in [0, 0.1) is 17.8 Å². The number of hydrogen-bond donors (Lipinski definition) is 1. The first-order valence-electron chi connectivity index (χ1n) is 10.3. The van der Waals surface area contributed by atoms with E-state index in [0.717, 1.165) is 13.0 Å². The average Bonchev–Trinajstić information content (AvgIpc) is 3.30. The summed E-state index contributed by atoms with van der Waals surface area (Å²) in [5, 5.41) is 3.33. The van der Waals surface area contributed by atoms with E-state index in [1.54, 1.807) is 7.11 Å². The molecule has 1 aromatic carbocycles. The number of rotatable bonds is 6. The van der Waals surface area contributed by atoms with Gasteiger partial charge in [0.1, 0.15) is 0 Å². The van der Waals surface area contributed by atoms with Crippen molar-refractivity contribution in [3.05, 3.63) is 24.3 Å². The number of carbonyl (C=O) groups is 1. The van der Waals surface area contributed by atoms with Crippen LogP contribution in [0.15, 0.2) is 24.3 Å². The zero-order valence-corrected chi connectivity index (χ0v) is 16.6. The largest absolute Gasteiger partial charge is 0.493 e. The van der Waals surface area contributed by atoms with E-state index in [4.69, 9.17) is 14.2 Å². The lowest BCUT2D eigenvalue weighted by Gasteiger charge is -2.51. The third kappa shape index (κ3) is 3.42. The Labute approximate surface area is 161 Å². The van der Waals surface area contributed by atoms with Crippen LogP contribution in [-0.2, 0) is 9.53 Å². The van der Waals surface area contributed by atoms with Crippen molar-refractivity contribution in [1.82, 2.24) is 5.32 Å². The summed E-state index contributed by atoms with van der Waals surface area (Å²) in [5.74, 6) is 2.77. The molecule has 0 radical (unpaired) electrons. The van der Waals surface area contributed by atoms with Crippen molar-refractivity contribution < 1.29 is 19.0 Å². The van der Waals surface area contributed by atoms with Crippen molar-refractivity contribution in [3.8, 4) is 11.5 Å². The molecule has 148 valence electrons. The molecule has 0 bridgehead atoms. The third-order valence-electron chi connectivity index (χ3n) is 6.66. The van der Waals surface area contributed by atoms with Gasteiger partial charge in [-0.15, -0.1) is 0 Å². The number of methoxy groups -OCH3 is 1. The van der Waals surface area contributed by atoms with E-state index in [0.29, 0.717) is 35.4 Å². The van der Waals surface area contributed by atoms with Gasteiger partial charge in [-0.25, -0.2) is 0 Å². The molecule has 1 heterocycles. The van der Waals surface area contributed by atoms with E-state index >= 15 is 0 Å². The van der Waals surface area contributed by atoms with E-state index in [9.17, 15) is 4.79 Å². The summed E-state index contributed by atoms with van der Waals surface area (Å²) in [6.07, 6.45) is 6.54. The number of fused-ring (bicyclic) bond motifs is 1. The molecule has 5 heteroatoms. The van der Waals surface area contributed by atoms with Crippen LogP contribution in [-0.4, -0.2) is 37.4 Å². The number of nitrogens with one attached hydrogen (secondary N) is 1. The van der Waals surface area contributed by atoms with E-state index in [2.05, 4.69) is 5.32 Å². The molecular formula is C22H31NO4. The van der Waals surface area contributed by atoms with E-state index in [-0.39, 0.29) is 11.9 Å². The van der Waals surface area contributed by atoms with Gasteiger partial charge in [-0.3, -0.25) is 4.79 Å². The Hall–Kier alpha value is -1.75. The van der Waals surface area contributed by atoms with Gasteiger partial charge in [0.05, 0.1) is 13.2 Å². The number of carbonyl (C=O) groups excluding carboxylic acids is 1. The maximum absolute atomic E-state index is 13.1. The summed E-state index contributed by atoms with van der Waals surface area (Å²) in [6, 6.07) is 7.66. The van der Waals surface area contributed by atoms with E-state index in [1.807, 2.05) is 38.1 Å². The molecule has 27 heavy (non-hydrogen) atoms. The Bertz CT molecular complexity index is 678. The van der Waals surface area contributed by atoms with Crippen LogP contribution < -0.4 is 14.8 Å². The van der Waals surface area contributed by atoms with E-state index in [1.165, 1.54) is 25.7 Å². The lowest BCUT2D eigenvalue weighted by molar-refractivity contribution is -0.142. The van der Waals surface area contributed by atoms with Crippen LogP contribution in [0.5, 0.6) is 11.5 Å². The fourth-order valence-electron chi connectivity index (χ4n) is 5.21. The number of amides is 1. The van der Waals surface area contributed by atoms with Gasteiger partial charge in [0.2, 0.25) is 0 Å². The van der Waals surface area contributed by atoms with Crippen molar-refractivity contribution in [3.63, 3.8) is 0 Å². The first-order valence-corrected chi connectivity index (χ1v) is 10.3. The summed E-state index contributed by atoms with van der Waals surface area (Å²) in [4.78, 5) is 13.1. The van der Waals surface area contributed by atoms with Crippen molar-refractivity contribution in [2.24, 2.45) is 17.8 Å². The highest BCUT2D eigenvalue weighted by Crippen LogP contribution is 2.51. The second kappa shape index (κ2) is 7.34. The highest BCUT2D eigenvalue weighted by Gasteiger charge is 2.57. The topological polar surface area (TPSA) is 56.8 Å². The molecular weight excluding hydrogens is 342 g/mol. The maximum Gasteiger partial charge on any atom is 0.263 e. The number of ether oxygens (including phenoxy) is 3. The number of benzene rings is 1. The Morgan fingerprint density at radius 1 is 1.15 bits per heavy atom. The van der Waals surface area contributed by atoms with Crippen LogP contribution >= 0.6 is 0 Å². The number of para-hydroxylation sites is 2. The lowest BCUT2D eigenvalue weighted by Crippen LogP contribution is -2.65. The Balaban J connectivity index is 1.45. The van der Waals surface area contributed by atoms with Crippen LogP contribution in [0.2, 0.25) is 0 Å². The highest BCUT2D eigenvalue weighted by molar-refractivity contribution is 5.85. The minimum Gasteiger partial charge on any atom is -0.493 e. The molecule has 1 saturated heterocycles. The zero-order chi connectivity index (χ0) is 19.0. The van der Waals surface area contributed by atoms with Gasteiger partial charge in [0.25, 0.3) is 5.91 Å². The molecule has 4 atom stereocenters. The van der Waals surface area contributed by atoms with Crippen molar-refractivity contribution in [2.45, 2.75) is 63.7 Å². The summed E-state index contributed by atoms with van der Waals surface area (Å²) in [7, 11) is 1.61. The van der Waals surface area contributed by atoms with Gasteiger partial charge >= 0.3 is 0 Å². The second-order valence-corrected chi connectivity index (χ2v) is 8.67. The molecule has 5 nitrogen and oxygen atoms in total. The van der Waals surface area contributed by atoms with Crippen LogP contribution in [0.4, 0.5) is 0 Å². The first-order chi connectivity index (χ1) is 13.0. The fraction of sp³-hybridized carbons (Fsp3) is 0.682. The van der Waals surface area contributed by atoms with Crippen molar-refractivity contribution in [1.29, 1.82) is 0 Å². The van der Waals surface area contributed by atoms with Gasteiger partial charge in [-0.1, -0.05) is 37.8 Å². The monoisotopic (exact) mass is 373 g/mol. The van der Waals surface area contributed by atoms with Crippen molar-refractivity contribution in [2.75, 3.05) is 13.7 Å². The number of hydrogen-bond acceptors (Lipinski definition) is 4. The molecule has 3 aliphatic rings. The van der Waals surface area contributed by atoms with Crippen LogP contribution in [0.25, 0.3) is 0 Å². The predicted molar refractivity (Wildman–Crippen MR) is 103 cm³/mol. The molecule has 4 rings (SSSR count). The van der Waals surface area contributed by atoms with Crippen LogP contribution in [0.1, 0.15) is 46.0 Å². The SMILES string of the molecule is COc1ccccc1OC(C)(C)C(=O)N[C@@H]1[C@H]2CCO[C@H]2[C@H]1C1CCCC1. The standard InChI is InChI=1S/C22H31NO4/c1-22(2,27-17-11-7-6-10-16(17)25-3)21(24)23-19-15-12-13-26-20(15)18(19)14-8-4-5-9-14/h6-7,10-11,14-15,18-20H,4-5,8-9,12-13H2,1-3H3,(H,23,24)/t15-,18+,19-,20-/m1/s1. The van der Waals surface area contributed by atoms with Crippen LogP contribution in [0.3, 0.4) is 0 Å². The minimum atomic E-state index is -0.973. The summed E-state index contributed by atoms with van der Waals surface area (Å²) in [6.45, 7) is 4.47. The Morgan fingerprint density at radius 3 is 2.56 bits per heavy atom. The van der Waals surface area contributed by atoms with Gasteiger partial charge < -0.3 is 19.5 Å². The average molecular weight is 373 g/mol. The lowest BCUT2D eigenvalue weighted by atomic mass is 9.61. The summed E-state index contributed by atoms with van der Waals surface area (Å²) >= 11 is 0. The first kappa shape index (κ1) is 18.6. The molecule has 0 spiro atoms. The second-order valence-electron chi connectivity index (χ2n) is 8.67. The van der Waals surface area contributed by atoms with Crippen molar-refractivity contribution >= 4 is 5.91 Å². The molecule has 1 N–H and O–H groups in total. The normalized spacial score (nSPS) is 30.5. The molecule has 0 aromatic heterocycles. The maximum atomic E-state index is 13.1. The molecule has 0 unspecified atom stereocenters. The molecule has 2 saturated carbocycles. The summed E-state index contributed by atoms with van der Waals surface area (Å²) < 4.78 is 17.4. The molecule has 3 fully saturated rings. The molecule has 1 aromatic rings. The highest BCUT2D eigenvalue weighted by atomic mass is 16.5. The van der Waals surface area contributed by atoms with E-state index < -0.39 is 5.60 Å². The quantitative estimate of drug-likeness (QED) is 0.828. The van der Waals surface area contributed by atoms with Gasteiger partial charge in [0.15, 0.2) is 17.1 Å². The molecule has 1 aliphatic heterocycles. The Morgan fingerprint density at radius 2 is 1.85 bits per heavy atom. The third-order valence-corrected chi connectivity index (χ3v) is 6.66. The predicted octanol–water partition coefficient (Wildman–Crippen LogP) is 3.56. The zero-order valence-electron chi connectivity index (χ0n) is 16.6. The minimum absolute atomic E-state index is 0.0632. The molecule has 1 amide bonds. The molecule has 2 aliphatic carbocycles. The van der Waals surface area contributed by atoms with Gasteiger partial charge in [-0.05, 0) is 38.3 Å². The Kier molecular flexibility index (Phi) is 5.06. The summed E-state index contributed by atoms with van der Waals surface area (Å²) in [5.41, 5.74) is -0.973. The fourth-order valence-corrected chi connectivity index (χ4v) is 5.21. The van der Waals surface area contributed by atoms with Gasteiger partial charge in [-0.2, -0.15) is 0 Å².